The van der Waals surface area contributed by atoms with E-state index in [2.05, 4.69) is 26.2 Å². The van der Waals surface area contributed by atoms with Gasteiger partial charge in [-0.2, -0.15) is 0 Å². The molecular formula is C12H11BrN2O4. The molecule has 0 spiro atoms. The Morgan fingerprint density at radius 1 is 1.32 bits per heavy atom. The van der Waals surface area contributed by atoms with Gasteiger partial charge in [-0.15, -0.1) is 0 Å². The Morgan fingerprint density at radius 3 is 2.68 bits per heavy atom. The van der Waals surface area contributed by atoms with Crippen molar-refractivity contribution >= 4 is 33.7 Å². The standard InChI is InChI=1S/C12H11BrN2O4/c1-19-14-10(16)4-5-15-11(17)8-3-2-7(13)6-9(8)12(15)18/h2-3,6H,4-5H2,1H3,(H,14,16). The minimum atomic E-state index is -0.389. The summed E-state index contributed by atoms with van der Waals surface area (Å²) in [5.41, 5.74) is 2.85. The number of hydroxylamine groups is 1. The lowest BCUT2D eigenvalue weighted by Gasteiger charge is -2.12. The van der Waals surface area contributed by atoms with Gasteiger partial charge in [0.1, 0.15) is 0 Å². The van der Waals surface area contributed by atoms with Crippen LogP contribution in [0.1, 0.15) is 27.1 Å². The third kappa shape index (κ3) is 2.66. The molecule has 1 N–H and O–H groups in total. The van der Waals surface area contributed by atoms with Gasteiger partial charge in [0.15, 0.2) is 0 Å². The average molecular weight is 327 g/mol. The number of nitrogens with one attached hydrogen (secondary N) is 1. The van der Waals surface area contributed by atoms with Gasteiger partial charge < -0.3 is 0 Å². The fraction of sp³-hybridized carbons (Fsp3) is 0.250. The first-order valence-electron chi connectivity index (χ1n) is 5.52. The molecule has 1 aliphatic heterocycles. The van der Waals surface area contributed by atoms with Gasteiger partial charge in [0.05, 0.1) is 18.2 Å². The van der Waals surface area contributed by atoms with Crippen LogP contribution >= 0.6 is 15.9 Å². The summed E-state index contributed by atoms with van der Waals surface area (Å²) in [7, 11) is 1.32. The summed E-state index contributed by atoms with van der Waals surface area (Å²) in [6.45, 7) is 0.0269. The minimum Gasteiger partial charge on any atom is -0.277 e. The Morgan fingerprint density at radius 2 is 2.00 bits per heavy atom. The lowest BCUT2D eigenvalue weighted by atomic mass is 10.1. The average Bonchev–Trinajstić information content (AvgIpc) is 2.60. The molecule has 0 aliphatic carbocycles. The number of hydrogen-bond acceptors (Lipinski definition) is 4. The van der Waals surface area contributed by atoms with Crippen LogP contribution in [0.3, 0.4) is 0 Å². The number of fused-ring (bicyclic) bond motifs is 1. The summed E-state index contributed by atoms with van der Waals surface area (Å²) >= 11 is 3.25. The quantitative estimate of drug-likeness (QED) is 0.664. The largest absolute Gasteiger partial charge is 0.277 e. The normalized spacial score (nSPS) is 13.7. The third-order valence-corrected chi connectivity index (χ3v) is 3.20. The van der Waals surface area contributed by atoms with Crippen LogP contribution in [0.15, 0.2) is 22.7 Å². The first-order chi connectivity index (χ1) is 9.04. The van der Waals surface area contributed by atoms with Gasteiger partial charge in [-0.1, -0.05) is 15.9 Å². The molecule has 0 aromatic heterocycles. The zero-order chi connectivity index (χ0) is 14.0. The molecule has 0 fully saturated rings. The highest BCUT2D eigenvalue weighted by Crippen LogP contribution is 2.25. The van der Waals surface area contributed by atoms with Crippen molar-refractivity contribution in [3.8, 4) is 0 Å². The smallest absolute Gasteiger partial charge is 0.261 e. The van der Waals surface area contributed by atoms with Gasteiger partial charge in [-0.3, -0.25) is 24.1 Å². The molecule has 0 radical (unpaired) electrons. The molecule has 0 saturated carbocycles. The second-order valence-electron chi connectivity index (χ2n) is 3.93. The highest BCUT2D eigenvalue weighted by molar-refractivity contribution is 9.10. The van der Waals surface area contributed by atoms with Crippen LogP contribution in [0, 0.1) is 0 Å². The molecule has 7 heteroatoms. The maximum atomic E-state index is 12.1. The SMILES string of the molecule is CONC(=O)CCN1C(=O)c2ccc(Br)cc2C1=O. The van der Waals surface area contributed by atoms with E-state index in [4.69, 9.17) is 0 Å². The first kappa shape index (κ1) is 13.7. The van der Waals surface area contributed by atoms with E-state index in [0.29, 0.717) is 11.1 Å². The van der Waals surface area contributed by atoms with Crippen molar-refractivity contribution in [3.05, 3.63) is 33.8 Å². The first-order valence-corrected chi connectivity index (χ1v) is 6.31. The van der Waals surface area contributed by atoms with E-state index < -0.39 is 0 Å². The Kier molecular flexibility index (Phi) is 3.96. The van der Waals surface area contributed by atoms with Gasteiger partial charge in [0.2, 0.25) is 5.91 Å². The van der Waals surface area contributed by atoms with Crippen molar-refractivity contribution < 1.29 is 19.2 Å². The number of amides is 3. The predicted molar refractivity (Wildman–Crippen MR) is 69.3 cm³/mol. The molecular weight excluding hydrogens is 316 g/mol. The number of rotatable bonds is 4. The van der Waals surface area contributed by atoms with Crippen LogP contribution in [0.4, 0.5) is 0 Å². The van der Waals surface area contributed by atoms with Crippen LogP contribution in [0.25, 0.3) is 0 Å². The number of carbonyl (C=O) groups is 3. The molecule has 2 rings (SSSR count). The van der Waals surface area contributed by atoms with E-state index in [1.165, 1.54) is 7.11 Å². The third-order valence-electron chi connectivity index (χ3n) is 2.71. The van der Waals surface area contributed by atoms with Crippen LogP contribution < -0.4 is 5.48 Å². The van der Waals surface area contributed by atoms with E-state index in [9.17, 15) is 14.4 Å². The van der Waals surface area contributed by atoms with Gasteiger partial charge in [0.25, 0.3) is 11.8 Å². The van der Waals surface area contributed by atoms with E-state index >= 15 is 0 Å². The number of imide groups is 1. The maximum absolute atomic E-state index is 12.1. The topological polar surface area (TPSA) is 75.7 Å². The zero-order valence-corrected chi connectivity index (χ0v) is 11.7. The van der Waals surface area contributed by atoms with Gasteiger partial charge in [0, 0.05) is 17.4 Å². The molecule has 6 nitrogen and oxygen atoms in total. The molecule has 3 amide bonds. The Balaban J connectivity index is 2.12. The molecule has 0 atom stereocenters. The summed E-state index contributed by atoms with van der Waals surface area (Å²) in [6, 6.07) is 4.89. The minimum absolute atomic E-state index is 0.000474. The Labute approximate surface area is 117 Å². The van der Waals surface area contributed by atoms with E-state index in [1.54, 1.807) is 18.2 Å². The summed E-state index contributed by atoms with van der Waals surface area (Å²) in [4.78, 5) is 40.8. The second kappa shape index (κ2) is 5.50. The van der Waals surface area contributed by atoms with Crippen molar-refractivity contribution in [3.63, 3.8) is 0 Å². The number of benzene rings is 1. The van der Waals surface area contributed by atoms with E-state index in [0.717, 1.165) is 9.37 Å². The number of nitrogens with zero attached hydrogens (tertiary/aromatic N) is 1. The molecule has 19 heavy (non-hydrogen) atoms. The van der Waals surface area contributed by atoms with Crippen molar-refractivity contribution in [2.75, 3.05) is 13.7 Å². The summed E-state index contributed by atoms with van der Waals surface area (Å²) < 4.78 is 0.728. The van der Waals surface area contributed by atoms with Crippen molar-refractivity contribution in [2.24, 2.45) is 0 Å². The maximum Gasteiger partial charge on any atom is 0.261 e. The summed E-state index contributed by atoms with van der Waals surface area (Å²) in [5, 5.41) is 0. The zero-order valence-electron chi connectivity index (χ0n) is 10.1. The number of hydrogen-bond donors (Lipinski definition) is 1. The molecule has 1 aromatic carbocycles. The monoisotopic (exact) mass is 326 g/mol. The highest BCUT2D eigenvalue weighted by Gasteiger charge is 2.35. The van der Waals surface area contributed by atoms with E-state index in [1.807, 2.05) is 0 Å². The van der Waals surface area contributed by atoms with Gasteiger partial charge in [-0.05, 0) is 18.2 Å². The lowest BCUT2D eigenvalue weighted by Crippen LogP contribution is -2.34. The molecule has 0 bridgehead atoms. The van der Waals surface area contributed by atoms with Gasteiger partial charge >= 0.3 is 0 Å². The van der Waals surface area contributed by atoms with Crippen molar-refractivity contribution in [1.29, 1.82) is 0 Å². The molecule has 0 saturated heterocycles. The second-order valence-corrected chi connectivity index (χ2v) is 4.85. The fourth-order valence-corrected chi connectivity index (χ4v) is 2.21. The van der Waals surface area contributed by atoms with Crippen LogP contribution in [-0.2, 0) is 9.63 Å². The number of carbonyl (C=O) groups excluding carboxylic acids is 3. The molecule has 0 unspecified atom stereocenters. The van der Waals surface area contributed by atoms with Crippen LogP contribution in [0.2, 0.25) is 0 Å². The lowest BCUT2D eigenvalue weighted by molar-refractivity contribution is -0.131. The molecule has 100 valence electrons. The Hall–Kier alpha value is -1.73. The van der Waals surface area contributed by atoms with Crippen LogP contribution in [0.5, 0.6) is 0 Å². The summed E-state index contributed by atoms with van der Waals surface area (Å²) in [6.07, 6.45) is 0.000474. The molecule has 1 heterocycles. The molecule has 1 aromatic rings. The van der Waals surface area contributed by atoms with Gasteiger partial charge in [-0.25, -0.2) is 5.48 Å². The number of halogens is 1. The highest BCUT2D eigenvalue weighted by atomic mass is 79.9. The van der Waals surface area contributed by atoms with Crippen molar-refractivity contribution in [1.82, 2.24) is 10.4 Å². The Bertz CT molecular complexity index is 559. The fourth-order valence-electron chi connectivity index (χ4n) is 1.84. The van der Waals surface area contributed by atoms with E-state index in [-0.39, 0.29) is 30.7 Å². The van der Waals surface area contributed by atoms with Crippen LogP contribution in [-0.4, -0.2) is 36.3 Å². The van der Waals surface area contributed by atoms with Crippen molar-refractivity contribution in [2.45, 2.75) is 6.42 Å². The molecule has 1 aliphatic rings. The summed E-state index contributed by atoms with van der Waals surface area (Å²) in [5.74, 6) is -1.15. The predicted octanol–water partition coefficient (Wildman–Crippen LogP) is 1.11.